The van der Waals surface area contributed by atoms with Gasteiger partial charge in [-0.25, -0.2) is 0 Å². The Kier molecular flexibility index (Phi) is 15.6. The van der Waals surface area contributed by atoms with Gasteiger partial charge < -0.3 is 34.3 Å². The SMILES string of the molecule is CCOCCOCCOc1ccc(C[C@H](C(=O)O)N2CCN(CC(=O)O)CCN(CC(=O)O)CCN3CC(=O)OC(C3)C2C)cc1. The summed E-state index contributed by atoms with van der Waals surface area (Å²) in [5, 5.41) is 29.4. The third kappa shape index (κ3) is 12.8. The van der Waals surface area contributed by atoms with Crippen molar-refractivity contribution in [3.05, 3.63) is 29.8 Å². The van der Waals surface area contributed by atoms with Gasteiger partial charge in [0.2, 0.25) is 0 Å². The smallest absolute Gasteiger partial charge is 0.321 e. The Labute approximate surface area is 269 Å². The molecule has 1 aromatic carbocycles. The number of benzene rings is 1. The van der Waals surface area contributed by atoms with Crippen molar-refractivity contribution < 1.29 is 53.4 Å². The lowest BCUT2D eigenvalue weighted by atomic mass is 10.00. The molecular formula is C31H48N4O11. The largest absolute Gasteiger partial charge is 0.491 e. The van der Waals surface area contributed by atoms with Crippen LogP contribution in [0, 0.1) is 0 Å². The summed E-state index contributed by atoms with van der Waals surface area (Å²) in [7, 11) is 0. The Hall–Kier alpha value is -3.34. The molecule has 3 N–H and O–H groups in total. The van der Waals surface area contributed by atoms with E-state index in [1.807, 2.05) is 30.9 Å². The molecule has 2 aliphatic heterocycles. The molecule has 46 heavy (non-hydrogen) atoms. The molecule has 15 heteroatoms. The van der Waals surface area contributed by atoms with Crippen molar-refractivity contribution in [3.63, 3.8) is 0 Å². The second-order valence-corrected chi connectivity index (χ2v) is 11.4. The summed E-state index contributed by atoms with van der Waals surface area (Å²) in [6.07, 6.45) is -0.493. The lowest BCUT2D eigenvalue weighted by Gasteiger charge is -2.42. The van der Waals surface area contributed by atoms with Crippen LogP contribution in [0.3, 0.4) is 0 Å². The Morgan fingerprint density at radius 1 is 0.870 bits per heavy atom. The summed E-state index contributed by atoms with van der Waals surface area (Å²) < 4.78 is 22.2. The molecule has 3 unspecified atom stereocenters. The second-order valence-electron chi connectivity index (χ2n) is 11.4. The number of hydrogen-bond acceptors (Lipinski definition) is 12. The first-order valence-corrected chi connectivity index (χ1v) is 15.7. The molecular weight excluding hydrogens is 604 g/mol. The highest BCUT2D eigenvalue weighted by atomic mass is 16.6. The van der Waals surface area contributed by atoms with Crippen LogP contribution in [0.25, 0.3) is 0 Å². The highest BCUT2D eigenvalue weighted by Crippen LogP contribution is 2.22. The van der Waals surface area contributed by atoms with E-state index in [2.05, 4.69) is 0 Å². The van der Waals surface area contributed by atoms with E-state index >= 15 is 0 Å². The summed E-state index contributed by atoms with van der Waals surface area (Å²) in [6.45, 7) is 7.78. The van der Waals surface area contributed by atoms with E-state index in [4.69, 9.17) is 18.9 Å². The van der Waals surface area contributed by atoms with Crippen LogP contribution in [0.2, 0.25) is 0 Å². The Bertz CT molecular complexity index is 1120. The molecule has 2 aliphatic rings. The molecule has 2 bridgehead atoms. The zero-order valence-electron chi connectivity index (χ0n) is 26.8. The highest BCUT2D eigenvalue weighted by molar-refractivity contribution is 5.74. The maximum atomic E-state index is 12.8. The number of carbonyl (C=O) groups is 4. The molecule has 2 fully saturated rings. The fourth-order valence-corrected chi connectivity index (χ4v) is 5.64. The number of fused-ring (bicyclic) bond motifs is 2. The van der Waals surface area contributed by atoms with Crippen LogP contribution in [0.4, 0.5) is 0 Å². The maximum Gasteiger partial charge on any atom is 0.321 e. The van der Waals surface area contributed by atoms with Crippen LogP contribution in [0.15, 0.2) is 24.3 Å². The van der Waals surface area contributed by atoms with Crippen molar-refractivity contribution in [2.24, 2.45) is 0 Å². The predicted molar refractivity (Wildman–Crippen MR) is 165 cm³/mol. The van der Waals surface area contributed by atoms with E-state index in [1.165, 1.54) is 0 Å². The number of carbonyl (C=O) groups excluding carboxylic acids is 1. The van der Waals surface area contributed by atoms with Gasteiger partial charge in [0.1, 0.15) is 24.5 Å². The maximum absolute atomic E-state index is 12.8. The van der Waals surface area contributed by atoms with Gasteiger partial charge in [-0.05, 0) is 38.0 Å². The number of esters is 1. The van der Waals surface area contributed by atoms with Gasteiger partial charge in [-0.2, -0.15) is 0 Å². The minimum absolute atomic E-state index is 0.0471. The summed E-state index contributed by atoms with van der Waals surface area (Å²) in [6, 6.07) is 5.65. The van der Waals surface area contributed by atoms with Crippen molar-refractivity contribution in [3.8, 4) is 5.75 Å². The number of hydrogen-bond donors (Lipinski definition) is 3. The molecule has 2 heterocycles. The fraction of sp³-hybridized carbons (Fsp3) is 0.677. The van der Waals surface area contributed by atoms with Gasteiger partial charge in [-0.1, -0.05) is 12.1 Å². The molecule has 1 aromatic rings. The van der Waals surface area contributed by atoms with E-state index in [-0.39, 0.29) is 45.7 Å². The van der Waals surface area contributed by atoms with Gasteiger partial charge in [-0.3, -0.25) is 38.8 Å². The first kappa shape index (κ1) is 37.1. The molecule has 0 aromatic heterocycles. The number of rotatable bonds is 16. The predicted octanol–water partition coefficient (Wildman–Crippen LogP) is -0.181. The zero-order chi connectivity index (χ0) is 33.5. The number of carboxylic acids is 3. The number of morpholine rings is 1. The molecule has 0 saturated carbocycles. The Morgan fingerprint density at radius 3 is 2.07 bits per heavy atom. The third-order valence-corrected chi connectivity index (χ3v) is 8.10. The van der Waals surface area contributed by atoms with Crippen LogP contribution >= 0.6 is 0 Å². The molecule has 258 valence electrons. The summed E-state index contributed by atoms with van der Waals surface area (Å²) in [5.74, 6) is -2.92. The molecule has 3 rings (SSSR count). The standard InChI is InChI=1S/C31H48N4O11/c1-3-43-14-15-44-16-17-45-25-6-4-24(5-7-25)18-26(31(41)42)35-13-12-33(21-29(38)39)9-8-32(20-28(36)37)10-11-34-19-27(23(35)2)46-30(40)22-34/h4-7,23,26-27H,3,8-22H2,1-2H3,(H,36,37)(H,38,39)(H,41,42)/t23?,26-,27?/m1/s1. The van der Waals surface area contributed by atoms with Gasteiger partial charge in [0.15, 0.2) is 0 Å². The molecule has 2 saturated heterocycles. The Balaban J connectivity index is 1.77. The molecule has 15 nitrogen and oxygen atoms in total. The van der Waals surface area contributed by atoms with Gasteiger partial charge >= 0.3 is 23.9 Å². The fourth-order valence-electron chi connectivity index (χ4n) is 5.64. The van der Waals surface area contributed by atoms with Crippen molar-refractivity contribution in [1.82, 2.24) is 19.6 Å². The van der Waals surface area contributed by atoms with Crippen LogP contribution in [0.1, 0.15) is 19.4 Å². The summed E-state index contributed by atoms with van der Waals surface area (Å²) in [4.78, 5) is 55.7. The van der Waals surface area contributed by atoms with Crippen molar-refractivity contribution in [2.45, 2.75) is 38.5 Å². The van der Waals surface area contributed by atoms with Crippen LogP contribution in [0.5, 0.6) is 5.75 Å². The Morgan fingerprint density at radius 2 is 1.46 bits per heavy atom. The first-order valence-electron chi connectivity index (χ1n) is 15.7. The molecule has 0 spiro atoms. The monoisotopic (exact) mass is 652 g/mol. The average molecular weight is 653 g/mol. The lowest BCUT2D eigenvalue weighted by Crippen LogP contribution is -2.59. The van der Waals surface area contributed by atoms with E-state index in [9.17, 15) is 34.5 Å². The van der Waals surface area contributed by atoms with Gasteiger partial charge in [0.05, 0.1) is 39.5 Å². The number of aliphatic carboxylic acids is 3. The molecule has 4 atom stereocenters. The van der Waals surface area contributed by atoms with Crippen molar-refractivity contribution in [1.29, 1.82) is 0 Å². The number of nitrogens with zero attached hydrogens (tertiary/aromatic N) is 4. The minimum Gasteiger partial charge on any atom is -0.491 e. The molecule has 0 amide bonds. The number of carboxylic acid groups (broad SMARTS) is 3. The minimum atomic E-state index is -1.06. The van der Waals surface area contributed by atoms with E-state index in [0.717, 1.165) is 5.56 Å². The van der Waals surface area contributed by atoms with Crippen LogP contribution in [-0.4, -0.2) is 175 Å². The highest BCUT2D eigenvalue weighted by Gasteiger charge is 2.38. The second kappa shape index (κ2) is 19.4. The third-order valence-electron chi connectivity index (χ3n) is 8.10. The van der Waals surface area contributed by atoms with Gasteiger partial charge in [0.25, 0.3) is 0 Å². The van der Waals surface area contributed by atoms with Gasteiger partial charge in [0, 0.05) is 58.5 Å². The molecule has 0 radical (unpaired) electrons. The van der Waals surface area contributed by atoms with E-state index < -0.39 is 42.1 Å². The average Bonchev–Trinajstić information content (AvgIpc) is 3.01. The summed E-state index contributed by atoms with van der Waals surface area (Å²) >= 11 is 0. The zero-order valence-corrected chi connectivity index (χ0v) is 26.8. The normalized spacial score (nSPS) is 22.9. The van der Waals surface area contributed by atoms with E-state index in [1.54, 1.807) is 26.8 Å². The van der Waals surface area contributed by atoms with Crippen molar-refractivity contribution >= 4 is 23.9 Å². The topological polar surface area (TPSA) is 179 Å². The van der Waals surface area contributed by atoms with Crippen LogP contribution < -0.4 is 4.74 Å². The van der Waals surface area contributed by atoms with E-state index in [0.29, 0.717) is 65.0 Å². The van der Waals surface area contributed by atoms with Crippen molar-refractivity contribution in [2.75, 3.05) is 98.5 Å². The quantitative estimate of drug-likeness (QED) is 0.158. The van der Waals surface area contributed by atoms with Gasteiger partial charge in [-0.15, -0.1) is 0 Å². The summed E-state index contributed by atoms with van der Waals surface area (Å²) in [5.41, 5.74) is 0.761. The number of ether oxygens (including phenoxy) is 4. The lowest BCUT2D eigenvalue weighted by molar-refractivity contribution is -0.165. The molecule has 0 aliphatic carbocycles. The van der Waals surface area contributed by atoms with Crippen LogP contribution in [-0.2, 0) is 39.8 Å². The first-order chi connectivity index (χ1) is 22.0.